The number of amides is 1. The minimum Gasteiger partial charge on any atom is -0.393 e. The van der Waals surface area contributed by atoms with Gasteiger partial charge in [0.15, 0.2) is 0 Å². The first-order chi connectivity index (χ1) is 8.18. The Balaban J connectivity index is 2.11. The summed E-state index contributed by atoms with van der Waals surface area (Å²) in [5.74, 6) is -0.112. The zero-order chi connectivity index (χ0) is 12.3. The standard InChI is InChI=1S/C13H16N2O2/c1-9(16)5-7-15-13(17)11-4-2-3-10-6-8-14-12(10)11/h2-4,6,8-9,14,16H,5,7H2,1H3,(H,15,17). The summed E-state index contributed by atoms with van der Waals surface area (Å²) in [5.41, 5.74) is 1.49. The van der Waals surface area contributed by atoms with E-state index in [9.17, 15) is 4.79 Å². The molecule has 0 aliphatic heterocycles. The van der Waals surface area contributed by atoms with E-state index >= 15 is 0 Å². The number of nitrogens with one attached hydrogen (secondary N) is 2. The van der Waals surface area contributed by atoms with Crippen LogP contribution < -0.4 is 5.32 Å². The molecule has 0 saturated carbocycles. The normalized spacial score (nSPS) is 12.6. The molecule has 90 valence electrons. The SMILES string of the molecule is CC(O)CCNC(=O)c1cccc2cc[nH]c12. The maximum absolute atomic E-state index is 11.9. The third-order valence-electron chi connectivity index (χ3n) is 2.68. The van der Waals surface area contributed by atoms with Crippen LogP contribution in [0.1, 0.15) is 23.7 Å². The Bertz CT molecular complexity index is 517. The van der Waals surface area contributed by atoms with E-state index in [2.05, 4.69) is 10.3 Å². The van der Waals surface area contributed by atoms with Crippen LogP contribution in [0.2, 0.25) is 0 Å². The van der Waals surface area contributed by atoms with Gasteiger partial charge in [-0.3, -0.25) is 4.79 Å². The van der Waals surface area contributed by atoms with Crippen LogP contribution in [0.5, 0.6) is 0 Å². The molecule has 0 aliphatic rings. The Hall–Kier alpha value is -1.81. The van der Waals surface area contributed by atoms with Crippen molar-refractivity contribution in [3.05, 3.63) is 36.0 Å². The molecule has 2 rings (SSSR count). The molecule has 0 bridgehead atoms. The molecule has 0 aliphatic carbocycles. The van der Waals surface area contributed by atoms with Crippen LogP contribution in [0.4, 0.5) is 0 Å². The van der Waals surface area contributed by atoms with Crippen molar-refractivity contribution >= 4 is 16.8 Å². The van der Waals surface area contributed by atoms with Gasteiger partial charge in [0.1, 0.15) is 0 Å². The number of aromatic amines is 1. The molecule has 4 nitrogen and oxygen atoms in total. The van der Waals surface area contributed by atoms with E-state index in [0.717, 1.165) is 10.9 Å². The molecule has 0 fully saturated rings. The van der Waals surface area contributed by atoms with Gasteiger partial charge >= 0.3 is 0 Å². The van der Waals surface area contributed by atoms with Crippen molar-refractivity contribution in [3.8, 4) is 0 Å². The van der Waals surface area contributed by atoms with E-state index < -0.39 is 6.10 Å². The number of fused-ring (bicyclic) bond motifs is 1. The van der Waals surface area contributed by atoms with Gasteiger partial charge in [-0.15, -0.1) is 0 Å². The van der Waals surface area contributed by atoms with Crippen molar-refractivity contribution in [2.75, 3.05) is 6.54 Å². The minimum absolute atomic E-state index is 0.112. The number of carbonyl (C=O) groups excluding carboxylic acids is 1. The molecule has 17 heavy (non-hydrogen) atoms. The van der Waals surface area contributed by atoms with Gasteiger partial charge < -0.3 is 15.4 Å². The van der Waals surface area contributed by atoms with E-state index in [1.807, 2.05) is 24.4 Å². The van der Waals surface area contributed by atoms with Gasteiger partial charge in [0, 0.05) is 18.1 Å². The average Bonchev–Trinajstić information content (AvgIpc) is 2.75. The average molecular weight is 232 g/mol. The van der Waals surface area contributed by atoms with Gasteiger partial charge in [0.05, 0.1) is 17.2 Å². The van der Waals surface area contributed by atoms with Gasteiger partial charge in [-0.1, -0.05) is 12.1 Å². The highest BCUT2D eigenvalue weighted by atomic mass is 16.3. The van der Waals surface area contributed by atoms with E-state index in [1.165, 1.54) is 0 Å². The summed E-state index contributed by atoms with van der Waals surface area (Å²) in [4.78, 5) is 15.0. The van der Waals surface area contributed by atoms with Crippen LogP contribution in [0.3, 0.4) is 0 Å². The fraction of sp³-hybridized carbons (Fsp3) is 0.308. The van der Waals surface area contributed by atoms with Crippen LogP contribution in [0.15, 0.2) is 30.5 Å². The number of rotatable bonds is 4. The highest BCUT2D eigenvalue weighted by Crippen LogP contribution is 2.16. The zero-order valence-electron chi connectivity index (χ0n) is 9.73. The maximum Gasteiger partial charge on any atom is 0.253 e. The van der Waals surface area contributed by atoms with Crippen LogP contribution in [-0.4, -0.2) is 28.6 Å². The van der Waals surface area contributed by atoms with Crippen molar-refractivity contribution in [2.24, 2.45) is 0 Å². The minimum atomic E-state index is -0.392. The topological polar surface area (TPSA) is 65.1 Å². The number of aliphatic hydroxyl groups excluding tert-OH is 1. The second-order valence-corrected chi connectivity index (χ2v) is 4.14. The number of aromatic nitrogens is 1. The Labute approximate surface area is 99.7 Å². The van der Waals surface area contributed by atoms with E-state index in [-0.39, 0.29) is 5.91 Å². The number of benzene rings is 1. The third kappa shape index (κ3) is 2.65. The van der Waals surface area contributed by atoms with Gasteiger partial charge in [0.25, 0.3) is 5.91 Å². The monoisotopic (exact) mass is 232 g/mol. The first-order valence-corrected chi connectivity index (χ1v) is 5.71. The van der Waals surface area contributed by atoms with Crippen molar-refractivity contribution in [1.82, 2.24) is 10.3 Å². The molecular formula is C13H16N2O2. The van der Waals surface area contributed by atoms with Gasteiger partial charge in [-0.05, 0) is 25.5 Å². The van der Waals surface area contributed by atoms with E-state index in [0.29, 0.717) is 18.5 Å². The fourth-order valence-electron chi connectivity index (χ4n) is 1.76. The molecule has 3 N–H and O–H groups in total. The van der Waals surface area contributed by atoms with Gasteiger partial charge in [0.2, 0.25) is 0 Å². The first kappa shape index (κ1) is 11.7. The second kappa shape index (κ2) is 5.01. The number of aliphatic hydroxyl groups is 1. The molecule has 4 heteroatoms. The third-order valence-corrected chi connectivity index (χ3v) is 2.68. The summed E-state index contributed by atoms with van der Waals surface area (Å²) in [6, 6.07) is 7.54. The lowest BCUT2D eigenvalue weighted by molar-refractivity contribution is 0.0947. The Morgan fingerprint density at radius 2 is 2.29 bits per heavy atom. The summed E-state index contributed by atoms with van der Waals surface area (Å²) in [6.07, 6.45) is 1.99. The van der Waals surface area contributed by atoms with Crippen molar-refractivity contribution < 1.29 is 9.90 Å². The zero-order valence-corrected chi connectivity index (χ0v) is 9.73. The number of carbonyl (C=O) groups is 1. The molecule has 1 aromatic heterocycles. The Morgan fingerprint density at radius 3 is 3.06 bits per heavy atom. The summed E-state index contributed by atoms with van der Waals surface area (Å²) in [6.45, 7) is 2.19. The number of hydrogen-bond acceptors (Lipinski definition) is 2. The summed E-state index contributed by atoms with van der Waals surface area (Å²) in [5, 5.41) is 12.9. The Morgan fingerprint density at radius 1 is 1.47 bits per heavy atom. The lowest BCUT2D eigenvalue weighted by atomic mass is 10.1. The molecule has 0 radical (unpaired) electrons. The smallest absolute Gasteiger partial charge is 0.253 e. The predicted molar refractivity (Wildman–Crippen MR) is 66.9 cm³/mol. The predicted octanol–water partition coefficient (Wildman–Crippen LogP) is 1.67. The molecule has 2 aromatic rings. The van der Waals surface area contributed by atoms with Crippen LogP contribution in [0, 0.1) is 0 Å². The lowest BCUT2D eigenvalue weighted by Gasteiger charge is -2.07. The van der Waals surface area contributed by atoms with E-state index in [4.69, 9.17) is 5.11 Å². The van der Waals surface area contributed by atoms with Crippen LogP contribution in [-0.2, 0) is 0 Å². The maximum atomic E-state index is 11.9. The molecule has 1 aromatic carbocycles. The molecule has 0 saturated heterocycles. The molecule has 1 unspecified atom stereocenters. The highest BCUT2D eigenvalue weighted by molar-refractivity contribution is 6.05. The largest absolute Gasteiger partial charge is 0.393 e. The Kier molecular flexibility index (Phi) is 3.44. The molecular weight excluding hydrogens is 216 g/mol. The van der Waals surface area contributed by atoms with Crippen molar-refractivity contribution in [3.63, 3.8) is 0 Å². The van der Waals surface area contributed by atoms with Gasteiger partial charge in [-0.25, -0.2) is 0 Å². The fourth-order valence-corrected chi connectivity index (χ4v) is 1.76. The second-order valence-electron chi connectivity index (χ2n) is 4.14. The molecule has 1 atom stereocenters. The van der Waals surface area contributed by atoms with Crippen LogP contribution in [0.25, 0.3) is 10.9 Å². The quantitative estimate of drug-likeness (QED) is 0.750. The lowest BCUT2D eigenvalue weighted by Crippen LogP contribution is -2.26. The molecule has 1 amide bonds. The summed E-state index contributed by atoms with van der Waals surface area (Å²) in [7, 11) is 0. The summed E-state index contributed by atoms with van der Waals surface area (Å²) >= 11 is 0. The first-order valence-electron chi connectivity index (χ1n) is 5.71. The van der Waals surface area contributed by atoms with Crippen molar-refractivity contribution in [1.29, 1.82) is 0 Å². The van der Waals surface area contributed by atoms with Gasteiger partial charge in [-0.2, -0.15) is 0 Å². The number of para-hydroxylation sites is 1. The number of hydrogen-bond donors (Lipinski definition) is 3. The van der Waals surface area contributed by atoms with Crippen LogP contribution >= 0.6 is 0 Å². The summed E-state index contributed by atoms with van der Waals surface area (Å²) < 4.78 is 0. The number of H-pyrrole nitrogens is 1. The molecule has 1 heterocycles. The molecule has 0 spiro atoms. The van der Waals surface area contributed by atoms with E-state index in [1.54, 1.807) is 13.0 Å². The van der Waals surface area contributed by atoms with Crippen molar-refractivity contribution in [2.45, 2.75) is 19.4 Å². The highest BCUT2D eigenvalue weighted by Gasteiger charge is 2.10.